The summed E-state index contributed by atoms with van der Waals surface area (Å²) in [7, 11) is 1.91. The zero-order valence-electron chi connectivity index (χ0n) is 8.51. The van der Waals surface area contributed by atoms with E-state index in [0.717, 1.165) is 23.1 Å². The number of carbonyl (C=O) groups is 1. The molecule has 80 valence electrons. The molecule has 0 amide bonds. The molecule has 0 spiro atoms. The quantitative estimate of drug-likeness (QED) is 0.605. The summed E-state index contributed by atoms with van der Waals surface area (Å²) in [5.41, 5.74) is 2.41. The number of imidazole rings is 2. The zero-order chi connectivity index (χ0) is 11.3. The number of aryl methyl sites for hydroxylation is 1. The average molecular weight is 234 g/mol. The first-order chi connectivity index (χ1) is 7.70. The summed E-state index contributed by atoms with van der Waals surface area (Å²) in [6.45, 7) is 0. The van der Waals surface area contributed by atoms with Gasteiger partial charge in [-0.05, 0) is 18.2 Å². The van der Waals surface area contributed by atoms with E-state index in [9.17, 15) is 4.79 Å². The first-order valence-electron chi connectivity index (χ1n) is 4.79. The molecule has 0 unspecified atom stereocenters. The van der Waals surface area contributed by atoms with Crippen LogP contribution in [0, 0.1) is 0 Å². The van der Waals surface area contributed by atoms with Crippen molar-refractivity contribution in [3.05, 3.63) is 35.1 Å². The number of rotatable bonds is 1. The summed E-state index contributed by atoms with van der Waals surface area (Å²) >= 11 is 5.96. The van der Waals surface area contributed by atoms with Crippen LogP contribution in [0.15, 0.2) is 24.4 Å². The highest BCUT2D eigenvalue weighted by atomic mass is 35.5. The number of benzene rings is 1. The Kier molecular flexibility index (Phi) is 1.82. The van der Waals surface area contributed by atoms with E-state index in [4.69, 9.17) is 11.6 Å². The summed E-state index contributed by atoms with van der Waals surface area (Å²) in [5, 5.41) is 0.668. The van der Waals surface area contributed by atoms with Gasteiger partial charge < -0.3 is 4.57 Å². The molecule has 0 aliphatic rings. The van der Waals surface area contributed by atoms with E-state index in [0.29, 0.717) is 10.7 Å². The van der Waals surface area contributed by atoms with Gasteiger partial charge in [0.05, 0.1) is 11.0 Å². The maximum atomic E-state index is 10.7. The molecule has 0 saturated heterocycles. The predicted molar refractivity (Wildman–Crippen MR) is 62.1 cm³/mol. The van der Waals surface area contributed by atoms with Crippen LogP contribution in [0.2, 0.25) is 5.02 Å². The fourth-order valence-corrected chi connectivity index (χ4v) is 2.11. The Labute approximate surface area is 96.1 Å². The van der Waals surface area contributed by atoms with Crippen molar-refractivity contribution in [1.29, 1.82) is 0 Å². The molecule has 0 bridgehead atoms. The molecule has 0 radical (unpaired) electrons. The molecule has 0 saturated carbocycles. The third-order valence-electron chi connectivity index (χ3n) is 2.69. The van der Waals surface area contributed by atoms with E-state index >= 15 is 0 Å². The van der Waals surface area contributed by atoms with Crippen LogP contribution < -0.4 is 0 Å². The number of nitrogens with zero attached hydrogens (tertiary/aromatic N) is 3. The van der Waals surface area contributed by atoms with Crippen LogP contribution in [-0.4, -0.2) is 20.2 Å². The van der Waals surface area contributed by atoms with Gasteiger partial charge in [0.2, 0.25) is 5.78 Å². The van der Waals surface area contributed by atoms with Gasteiger partial charge in [-0.1, -0.05) is 11.6 Å². The lowest BCUT2D eigenvalue weighted by atomic mass is 10.3. The summed E-state index contributed by atoms with van der Waals surface area (Å²) < 4.78 is 3.80. The Bertz CT molecular complexity index is 711. The van der Waals surface area contributed by atoms with E-state index in [1.165, 1.54) is 0 Å². The molecule has 5 heteroatoms. The monoisotopic (exact) mass is 233 g/mol. The standard InChI is InChI=1S/C11H8ClN3O/c1-14-9-3-2-7(12)4-10(9)15-5-8(6-16)13-11(14)15/h2-6H,1H3. The molecule has 4 nitrogen and oxygen atoms in total. The van der Waals surface area contributed by atoms with Crippen LogP contribution in [0.1, 0.15) is 10.5 Å². The van der Waals surface area contributed by atoms with Gasteiger partial charge in [0.1, 0.15) is 5.69 Å². The van der Waals surface area contributed by atoms with Crippen molar-refractivity contribution in [1.82, 2.24) is 14.0 Å². The van der Waals surface area contributed by atoms with Gasteiger partial charge >= 0.3 is 0 Å². The smallest absolute Gasteiger partial charge is 0.215 e. The van der Waals surface area contributed by atoms with E-state index < -0.39 is 0 Å². The third kappa shape index (κ3) is 1.10. The Balaban J connectivity index is 2.54. The molecule has 0 atom stereocenters. The van der Waals surface area contributed by atoms with Crippen molar-refractivity contribution in [2.24, 2.45) is 7.05 Å². The minimum Gasteiger partial charge on any atom is -0.313 e. The lowest BCUT2D eigenvalue weighted by molar-refractivity contribution is 0.111. The molecule has 2 aromatic heterocycles. The molecule has 0 aliphatic heterocycles. The normalized spacial score (nSPS) is 11.4. The molecule has 1 aromatic carbocycles. The minimum atomic E-state index is 0.424. The molecule has 0 fully saturated rings. The highest BCUT2D eigenvalue weighted by Gasteiger charge is 2.11. The Morgan fingerprint density at radius 1 is 1.38 bits per heavy atom. The van der Waals surface area contributed by atoms with E-state index in [2.05, 4.69) is 4.98 Å². The molecule has 0 N–H and O–H groups in total. The van der Waals surface area contributed by atoms with Crippen molar-refractivity contribution in [3.63, 3.8) is 0 Å². The number of aldehydes is 1. The average Bonchev–Trinajstić information content (AvgIpc) is 2.80. The van der Waals surface area contributed by atoms with Gasteiger partial charge in [0, 0.05) is 18.3 Å². The second-order valence-corrected chi connectivity index (χ2v) is 4.08. The third-order valence-corrected chi connectivity index (χ3v) is 2.92. The van der Waals surface area contributed by atoms with Crippen LogP contribution in [0.3, 0.4) is 0 Å². The summed E-state index contributed by atoms with van der Waals surface area (Å²) in [4.78, 5) is 14.9. The van der Waals surface area contributed by atoms with Crippen molar-refractivity contribution in [2.45, 2.75) is 0 Å². The SMILES string of the molecule is Cn1c2ccc(Cl)cc2n2cc(C=O)nc12. The number of aromatic nitrogens is 3. The molecule has 0 aliphatic carbocycles. The van der Waals surface area contributed by atoms with Crippen molar-refractivity contribution < 1.29 is 4.79 Å². The van der Waals surface area contributed by atoms with Gasteiger partial charge in [0.15, 0.2) is 6.29 Å². The number of hydrogen-bond acceptors (Lipinski definition) is 2. The minimum absolute atomic E-state index is 0.424. The topological polar surface area (TPSA) is 39.3 Å². The van der Waals surface area contributed by atoms with Crippen molar-refractivity contribution >= 4 is 34.7 Å². The van der Waals surface area contributed by atoms with Crippen LogP contribution in [0.4, 0.5) is 0 Å². The fourth-order valence-electron chi connectivity index (χ4n) is 1.94. The van der Waals surface area contributed by atoms with Gasteiger partial charge in [-0.15, -0.1) is 0 Å². The lowest BCUT2D eigenvalue weighted by Crippen LogP contribution is -1.88. The van der Waals surface area contributed by atoms with Crippen molar-refractivity contribution in [2.75, 3.05) is 0 Å². The van der Waals surface area contributed by atoms with Crippen LogP contribution in [0.5, 0.6) is 0 Å². The van der Waals surface area contributed by atoms with E-state index in [1.54, 1.807) is 6.20 Å². The van der Waals surface area contributed by atoms with Gasteiger partial charge in [0.25, 0.3) is 0 Å². The molecule has 2 heterocycles. The Morgan fingerprint density at radius 3 is 2.94 bits per heavy atom. The summed E-state index contributed by atoms with van der Waals surface area (Å²) in [6, 6.07) is 5.64. The van der Waals surface area contributed by atoms with Gasteiger partial charge in [-0.25, -0.2) is 4.98 Å². The van der Waals surface area contributed by atoms with Crippen LogP contribution in [0.25, 0.3) is 16.8 Å². The number of fused-ring (bicyclic) bond motifs is 3. The highest BCUT2D eigenvalue weighted by Crippen LogP contribution is 2.22. The van der Waals surface area contributed by atoms with Crippen LogP contribution in [-0.2, 0) is 7.05 Å². The molecule has 3 rings (SSSR count). The maximum absolute atomic E-state index is 10.7. The highest BCUT2D eigenvalue weighted by molar-refractivity contribution is 6.31. The fraction of sp³-hybridized carbons (Fsp3) is 0.0909. The Morgan fingerprint density at radius 2 is 2.19 bits per heavy atom. The molecule has 16 heavy (non-hydrogen) atoms. The second kappa shape index (κ2) is 3.09. The molecule has 3 aromatic rings. The van der Waals surface area contributed by atoms with Gasteiger partial charge in [-0.2, -0.15) is 0 Å². The zero-order valence-corrected chi connectivity index (χ0v) is 9.27. The Hall–Kier alpha value is -1.81. The van der Waals surface area contributed by atoms with E-state index in [1.807, 2.05) is 34.2 Å². The number of carbonyl (C=O) groups excluding carboxylic acids is 1. The largest absolute Gasteiger partial charge is 0.313 e. The molecular formula is C11H8ClN3O. The molecular weight excluding hydrogens is 226 g/mol. The van der Waals surface area contributed by atoms with E-state index in [-0.39, 0.29) is 0 Å². The number of halogens is 1. The first-order valence-corrected chi connectivity index (χ1v) is 5.17. The second-order valence-electron chi connectivity index (χ2n) is 3.65. The van der Waals surface area contributed by atoms with Crippen LogP contribution >= 0.6 is 11.6 Å². The summed E-state index contributed by atoms with van der Waals surface area (Å²) in [5.74, 6) is 0.736. The number of hydrogen-bond donors (Lipinski definition) is 0. The maximum Gasteiger partial charge on any atom is 0.215 e. The first kappa shape index (κ1) is 9.42. The predicted octanol–water partition coefficient (Wildman–Crippen LogP) is 2.29. The van der Waals surface area contributed by atoms with Crippen molar-refractivity contribution in [3.8, 4) is 0 Å². The summed E-state index contributed by atoms with van der Waals surface area (Å²) in [6.07, 6.45) is 2.45. The lowest BCUT2D eigenvalue weighted by Gasteiger charge is -1.94. The van der Waals surface area contributed by atoms with Gasteiger partial charge in [-0.3, -0.25) is 9.20 Å².